The standard InChI is InChI=1S/C26H43NO4/c1-4-5-6-7-8-9-10-11-12-13-14-15-16-17-18-21-25(28)27(3)23(2)31-26(29)24-20-19-22-30-24/h11-12,19-20,22-23H,4-10,13-18,21H2,1-3H3. The maximum atomic E-state index is 12.3. The van der Waals surface area contributed by atoms with E-state index in [4.69, 9.17) is 9.15 Å². The second kappa shape index (κ2) is 17.6. The summed E-state index contributed by atoms with van der Waals surface area (Å²) in [6.45, 7) is 3.95. The second-order valence-electron chi connectivity index (χ2n) is 8.32. The highest BCUT2D eigenvalue weighted by atomic mass is 16.6. The van der Waals surface area contributed by atoms with Crippen molar-refractivity contribution in [1.82, 2.24) is 4.90 Å². The highest BCUT2D eigenvalue weighted by Crippen LogP contribution is 2.12. The number of nitrogens with zero attached hydrogens (tertiary/aromatic N) is 1. The van der Waals surface area contributed by atoms with E-state index in [1.165, 1.54) is 69.0 Å². The Balaban J connectivity index is 1.97. The number of allylic oxidation sites excluding steroid dienone is 2. The smallest absolute Gasteiger partial charge is 0.376 e. The van der Waals surface area contributed by atoms with Crippen molar-refractivity contribution in [1.29, 1.82) is 0 Å². The molecule has 0 bridgehead atoms. The Labute approximate surface area is 189 Å². The van der Waals surface area contributed by atoms with Gasteiger partial charge in [-0.2, -0.15) is 0 Å². The molecule has 0 radical (unpaired) electrons. The fourth-order valence-corrected chi connectivity index (χ4v) is 3.41. The van der Waals surface area contributed by atoms with Crippen molar-refractivity contribution in [3.63, 3.8) is 0 Å². The molecule has 1 aromatic rings. The number of carbonyl (C=O) groups is 2. The minimum Gasteiger partial charge on any atom is -0.457 e. The first-order chi connectivity index (χ1) is 15.1. The number of esters is 1. The molecule has 5 nitrogen and oxygen atoms in total. The van der Waals surface area contributed by atoms with Crippen LogP contribution < -0.4 is 0 Å². The fraction of sp³-hybridized carbons (Fsp3) is 0.692. The Kier molecular flexibility index (Phi) is 15.3. The zero-order valence-corrected chi connectivity index (χ0v) is 19.9. The van der Waals surface area contributed by atoms with Crippen LogP contribution in [0.4, 0.5) is 0 Å². The molecule has 0 aliphatic rings. The first-order valence-electron chi connectivity index (χ1n) is 12.2. The van der Waals surface area contributed by atoms with Gasteiger partial charge in [0.25, 0.3) is 0 Å². The maximum Gasteiger partial charge on any atom is 0.376 e. The molecule has 0 saturated heterocycles. The normalized spacial score (nSPS) is 12.2. The first kappa shape index (κ1) is 27.0. The van der Waals surface area contributed by atoms with E-state index in [-0.39, 0.29) is 11.7 Å². The van der Waals surface area contributed by atoms with Crippen molar-refractivity contribution in [2.75, 3.05) is 7.05 Å². The lowest BCUT2D eigenvalue weighted by molar-refractivity contribution is -0.138. The summed E-state index contributed by atoms with van der Waals surface area (Å²) in [4.78, 5) is 25.7. The van der Waals surface area contributed by atoms with Crippen molar-refractivity contribution in [3.05, 3.63) is 36.3 Å². The summed E-state index contributed by atoms with van der Waals surface area (Å²) in [7, 11) is 1.67. The van der Waals surface area contributed by atoms with E-state index in [1.807, 2.05) is 0 Å². The Morgan fingerprint density at radius 2 is 1.55 bits per heavy atom. The van der Waals surface area contributed by atoms with Crippen LogP contribution in [-0.4, -0.2) is 30.1 Å². The van der Waals surface area contributed by atoms with Crippen LogP contribution in [0.1, 0.15) is 114 Å². The number of unbranched alkanes of at least 4 members (excludes halogenated alkanes) is 11. The second-order valence-corrected chi connectivity index (χ2v) is 8.32. The van der Waals surface area contributed by atoms with Gasteiger partial charge in [-0.3, -0.25) is 4.79 Å². The molecule has 0 saturated carbocycles. The third kappa shape index (κ3) is 13.1. The van der Waals surface area contributed by atoms with Crippen molar-refractivity contribution in [2.24, 2.45) is 0 Å². The van der Waals surface area contributed by atoms with Gasteiger partial charge in [0.05, 0.1) is 6.26 Å². The lowest BCUT2D eigenvalue weighted by atomic mass is 10.1. The zero-order valence-electron chi connectivity index (χ0n) is 19.9. The molecule has 1 unspecified atom stereocenters. The molecule has 1 atom stereocenters. The number of hydrogen-bond donors (Lipinski definition) is 0. The van der Waals surface area contributed by atoms with Gasteiger partial charge in [0, 0.05) is 13.5 Å². The Bertz CT molecular complexity index is 609. The lowest BCUT2D eigenvalue weighted by Gasteiger charge is -2.24. The van der Waals surface area contributed by atoms with Crippen LogP contribution in [-0.2, 0) is 9.53 Å². The molecular formula is C26H43NO4. The van der Waals surface area contributed by atoms with E-state index < -0.39 is 12.2 Å². The highest BCUT2D eigenvalue weighted by molar-refractivity contribution is 5.86. The van der Waals surface area contributed by atoms with E-state index in [9.17, 15) is 9.59 Å². The SMILES string of the molecule is CCCCCCCCC=CCCCCCCCC(=O)N(C)C(C)OC(=O)c1ccco1. The summed E-state index contributed by atoms with van der Waals surface area (Å²) in [5.41, 5.74) is 0. The number of rotatable bonds is 18. The monoisotopic (exact) mass is 433 g/mol. The van der Waals surface area contributed by atoms with Crippen LogP contribution in [0, 0.1) is 0 Å². The van der Waals surface area contributed by atoms with E-state index >= 15 is 0 Å². The summed E-state index contributed by atoms with van der Waals surface area (Å²) in [6, 6.07) is 3.17. The average molecular weight is 434 g/mol. The number of amides is 1. The lowest BCUT2D eigenvalue weighted by Crippen LogP contribution is -2.38. The third-order valence-electron chi connectivity index (χ3n) is 5.59. The van der Waals surface area contributed by atoms with Crippen LogP contribution in [0.15, 0.2) is 35.0 Å². The number of carbonyl (C=O) groups excluding carboxylic acids is 2. The van der Waals surface area contributed by atoms with Gasteiger partial charge < -0.3 is 14.1 Å². The van der Waals surface area contributed by atoms with Crippen molar-refractivity contribution >= 4 is 11.9 Å². The predicted octanol–water partition coefficient (Wildman–Crippen LogP) is 7.28. The Morgan fingerprint density at radius 1 is 0.968 bits per heavy atom. The maximum absolute atomic E-state index is 12.3. The van der Waals surface area contributed by atoms with E-state index in [1.54, 1.807) is 26.1 Å². The van der Waals surface area contributed by atoms with Crippen LogP contribution in [0.2, 0.25) is 0 Å². The quantitative estimate of drug-likeness (QED) is 0.106. The first-order valence-corrected chi connectivity index (χ1v) is 12.2. The van der Waals surface area contributed by atoms with Gasteiger partial charge in [-0.25, -0.2) is 4.79 Å². The molecule has 0 aliphatic heterocycles. The Morgan fingerprint density at radius 3 is 2.13 bits per heavy atom. The summed E-state index contributed by atoms with van der Waals surface area (Å²) < 4.78 is 10.3. The number of furan rings is 1. The van der Waals surface area contributed by atoms with Gasteiger partial charge in [0.2, 0.25) is 11.7 Å². The molecule has 5 heteroatoms. The minimum absolute atomic E-state index is 0.00243. The minimum atomic E-state index is -0.617. The van der Waals surface area contributed by atoms with Gasteiger partial charge >= 0.3 is 5.97 Å². The average Bonchev–Trinajstić information content (AvgIpc) is 3.30. The summed E-state index contributed by atoms with van der Waals surface area (Å²) >= 11 is 0. The van der Waals surface area contributed by atoms with Crippen molar-refractivity contribution in [3.8, 4) is 0 Å². The molecule has 0 aromatic carbocycles. The molecule has 1 amide bonds. The summed E-state index contributed by atoms with van der Waals surface area (Å²) in [5.74, 6) is -0.416. The molecule has 0 aliphatic carbocycles. The molecular weight excluding hydrogens is 390 g/mol. The van der Waals surface area contributed by atoms with Gasteiger partial charge in [-0.1, -0.05) is 70.4 Å². The van der Waals surface area contributed by atoms with E-state index in [2.05, 4.69) is 19.1 Å². The molecule has 0 fully saturated rings. The van der Waals surface area contributed by atoms with Crippen molar-refractivity contribution < 1.29 is 18.7 Å². The van der Waals surface area contributed by atoms with E-state index in [0.29, 0.717) is 6.42 Å². The fourth-order valence-electron chi connectivity index (χ4n) is 3.41. The third-order valence-corrected chi connectivity index (χ3v) is 5.59. The molecule has 0 N–H and O–H groups in total. The number of hydrogen-bond acceptors (Lipinski definition) is 4. The topological polar surface area (TPSA) is 59.8 Å². The van der Waals surface area contributed by atoms with Gasteiger partial charge in [-0.05, 0) is 51.2 Å². The summed E-state index contributed by atoms with van der Waals surface area (Å²) in [5, 5.41) is 0. The molecule has 176 valence electrons. The Hall–Kier alpha value is -2.04. The van der Waals surface area contributed by atoms with Crippen LogP contribution in [0.3, 0.4) is 0 Å². The number of ether oxygens (including phenoxy) is 1. The largest absolute Gasteiger partial charge is 0.457 e. The van der Waals surface area contributed by atoms with Gasteiger partial charge in [-0.15, -0.1) is 0 Å². The summed E-state index contributed by atoms with van der Waals surface area (Å²) in [6.07, 6.45) is 22.0. The zero-order chi connectivity index (χ0) is 22.7. The van der Waals surface area contributed by atoms with Gasteiger partial charge in [0.15, 0.2) is 6.23 Å². The van der Waals surface area contributed by atoms with Crippen LogP contribution >= 0.6 is 0 Å². The predicted molar refractivity (Wildman–Crippen MR) is 126 cm³/mol. The molecule has 1 rings (SSSR count). The van der Waals surface area contributed by atoms with Crippen molar-refractivity contribution in [2.45, 2.75) is 110 Å². The molecule has 1 heterocycles. The van der Waals surface area contributed by atoms with Crippen LogP contribution in [0.25, 0.3) is 0 Å². The van der Waals surface area contributed by atoms with Crippen LogP contribution in [0.5, 0.6) is 0 Å². The van der Waals surface area contributed by atoms with E-state index in [0.717, 1.165) is 25.7 Å². The highest BCUT2D eigenvalue weighted by Gasteiger charge is 2.20. The molecule has 0 spiro atoms. The molecule has 31 heavy (non-hydrogen) atoms. The molecule has 1 aromatic heterocycles. The van der Waals surface area contributed by atoms with Gasteiger partial charge in [0.1, 0.15) is 0 Å².